The first-order chi connectivity index (χ1) is 14.2. The number of nitriles is 1. The van der Waals surface area contributed by atoms with E-state index in [1.54, 1.807) is 12.1 Å². The Hall–Kier alpha value is -3.90. The van der Waals surface area contributed by atoms with Crippen molar-refractivity contribution in [3.05, 3.63) is 114 Å². The summed E-state index contributed by atoms with van der Waals surface area (Å²) in [5.41, 5.74) is 3.15. The lowest BCUT2D eigenvalue weighted by Gasteiger charge is -2.11. The molecule has 4 aromatic rings. The molecule has 0 aliphatic rings. The van der Waals surface area contributed by atoms with Gasteiger partial charge in [-0.05, 0) is 40.6 Å². The highest BCUT2D eigenvalue weighted by Gasteiger charge is 2.08. The smallest absolute Gasteiger partial charge is 0.127 e. The maximum atomic E-state index is 13.1. The number of ether oxygens (including phenoxy) is 1. The van der Waals surface area contributed by atoms with Crippen LogP contribution in [0, 0.1) is 17.1 Å². The quantitative estimate of drug-likeness (QED) is 0.288. The summed E-state index contributed by atoms with van der Waals surface area (Å²) in [6.45, 7) is 0.321. The molecule has 3 heteroatoms. The lowest BCUT2D eigenvalue weighted by Crippen LogP contribution is -1.97. The van der Waals surface area contributed by atoms with Crippen LogP contribution in [0.15, 0.2) is 91.0 Å². The van der Waals surface area contributed by atoms with Gasteiger partial charge in [-0.1, -0.05) is 72.8 Å². The lowest BCUT2D eigenvalue weighted by molar-refractivity contribution is 0.305. The highest BCUT2D eigenvalue weighted by Crippen LogP contribution is 2.29. The molecule has 0 heterocycles. The molecule has 0 aromatic heterocycles. The Kier molecular flexibility index (Phi) is 5.36. The Morgan fingerprint density at radius 1 is 0.862 bits per heavy atom. The minimum Gasteiger partial charge on any atom is -0.488 e. The molecule has 0 spiro atoms. The number of benzene rings is 4. The molecule has 0 radical (unpaired) electrons. The molecule has 0 fully saturated rings. The van der Waals surface area contributed by atoms with E-state index in [0.29, 0.717) is 17.9 Å². The number of allylic oxidation sites excluding steroid dienone is 1. The Morgan fingerprint density at radius 2 is 1.59 bits per heavy atom. The second kappa shape index (κ2) is 8.41. The van der Waals surface area contributed by atoms with Gasteiger partial charge >= 0.3 is 0 Å². The minimum absolute atomic E-state index is 0.272. The van der Waals surface area contributed by atoms with E-state index in [4.69, 9.17) is 4.74 Å². The van der Waals surface area contributed by atoms with Crippen LogP contribution in [0.3, 0.4) is 0 Å². The topological polar surface area (TPSA) is 33.0 Å². The second-order valence-electron chi connectivity index (χ2n) is 6.65. The summed E-state index contributed by atoms with van der Waals surface area (Å²) in [5, 5.41) is 12.0. The van der Waals surface area contributed by atoms with Crippen LogP contribution in [0.25, 0.3) is 22.4 Å². The number of hydrogen-bond donors (Lipinski definition) is 0. The SMILES string of the molecule is N#C/C(=C\c1ccccc1OCc1ccc(F)cc1)c1cccc2ccccc12. The summed E-state index contributed by atoms with van der Waals surface area (Å²) in [6.07, 6.45) is 1.85. The molecule has 4 rings (SSSR count). The zero-order valence-corrected chi connectivity index (χ0v) is 15.7. The maximum absolute atomic E-state index is 13.1. The van der Waals surface area contributed by atoms with Crippen molar-refractivity contribution < 1.29 is 9.13 Å². The van der Waals surface area contributed by atoms with Crippen LogP contribution in [0.2, 0.25) is 0 Å². The van der Waals surface area contributed by atoms with Gasteiger partial charge in [-0.15, -0.1) is 0 Å². The fourth-order valence-corrected chi connectivity index (χ4v) is 3.26. The predicted octanol–water partition coefficient (Wildman–Crippen LogP) is 6.62. The Morgan fingerprint density at radius 3 is 2.41 bits per heavy atom. The van der Waals surface area contributed by atoms with Gasteiger partial charge in [0.25, 0.3) is 0 Å². The average Bonchev–Trinajstić information content (AvgIpc) is 2.77. The van der Waals surface area contributed by atoms with Gasteiger partial charge in [-0.2, -0.15) is 5.26 Å². The van der Waals surface area contributed by atoms with Crippen molar-refractivity contribution in [1.82, 2.24) is 0 Å². The number of hydrogen-bond acceptors (Lipinski definition) is 2. The van der Waals surface area contributed by atoms with Crippen molar-refractivity contribution in [2.45, 2.75) is 6.61 Å². The molecule has 2 nitrogen and oxygen atoms in total. The van der Waals surface area contributed by atoms with Crippen molar-refractivity contribution in [2.24, 2.45) is 0 Å². The number of nitrogens with zero attached hydrogens (tertiary/aromatic N) is 1. The zero-order chi connectivity index (χ0) is 20.1. The molecule has 140 valence electrons. The molecule has 0 unspecified atom stereocenters. The molecular formula is C26H18FNO. The number of rotatable bonds is 5. The second-order valence-corrected chi connectivity index (χ2v) is 6.65. The fraction of sp³-hybridized carbons (Fsp3) is 0.0385. The predicted molar refractivity (Wildman–Crippen MR) is 115 cm³/mol. The van der Waals surface area contributed by atoms with E-state index in [0.717, 1.165) is 27.5 Å². The van der Waals surface area contributed by atoms with E-state index in [2.05, 4.69) is 6.07 Å². The van der Waals surface area contributed by atoms with Gasteiger partial charge in [0, 0.05) is 11.1 Å². The van der Waals surface area contributed by atoms with Crippen molar-refractivity contribution in [1.29, 1.82) is 5.26 Å². The third kappa shape index (κ3) is 4.17. The number of para-hydroxylation sites is 1. The first kappa shape index (κ1) is 18.5. The summed E-state index contributed by atoms with van der Waals surface area (Å²) in [7, 11) is 0. The standard InChI is InChI=1S/C26H18FNO/c27-23-14-12-19(13-15-23)18-29-26-11-4-2-7-21(26)16-22(17-28)25-10-5-8-20-6-1-3-9-24(20)25/h1-16H,18H2/b22-16+. The van der Waals surface area contributed by atoms with E-state index in [-0.39, 0.29) is 5.82 Å². The number of fused-ring (bicyclic) bond motifs is 1. The van der Waals surface area contributed by atoms with Gasteiger partial charge in [0.1, 0.15) is 18.2 Å². The third-order valence-corrected chi connectivity index (χ3v) is 4.73. The molecule has 0 bridgehead atoms. The van der Waals surface area contributed by atoms with Crippen LogP contribution in [0.4, 0.5) is 4.39 Å². The summed E-state index contributed by atoms with van der Waals surface area (Å²) in [5.74, 6) is 0.399. The van der Waals surface area contributed by atoms with Crippen LogP contribution in [0.5, 0.6) is 5.75 Å². The van der Waals surface area contributed by atoms with Crippen LogP contribution in [-0.2, 0) is 6.61 Å². The van der Waals surface area contributed by atoms with Crippen molar-refractivity contribution in [3.63, 3.8) is 0 Å². The van der Waals surface area contributed by atoms with E-state index in [9.17, 15) is 9.65 Å². The van der Waals surface area contributed by atoms with Gasteiger partial charge in [0.15, 0.2) is 0 Å². The van der Waals surface area contributed by atoms with Gasteiger partial charge in [0.05, 0.1) is 11.6 Å². The van der Waals surface area contributed by atoms with E-state index in [1.165, 1.54) is 12.1 Å². The normalized spacial score (nSPS) is 11.2. The van der Waals surface area contributed by atoms with Gasteiger partial charge in [-0.25, -0.2) is 4.39 Å². The van der Waals surface area contributed by atoms with Gasteiger partial charge in [-0.3, -0.25) is 0 Å². The monoisotopic (exact) mass is 379 g/mol. The highest BCUT2D eigenvalue weighted by molar-refractivity contribution is 6.02. The van der Waals surface area contributed by atoms with Gasteiger partial charge in [0.2, 0.25) is 0 Å². The molecule has 0 saturated carbocycles. The van der Waals surface area contributed by atoms with E-state index < -0.39 is 0 Å². The Labute approximate surface area is 169 Å². The van der Waals surface area contributed by atoms with Crippen molar-refractivity contribution in [2.75, 3.05) is 0 Å². The van der Waals surface area contributed by atoms with E-state index in [1.807, 2.05) is 72.8 Å². The van der Waals surface area contributed by atoms with E-state index >= 15 is 0 Å². The first-order valence-electron chi connectivity index (χ1n) is 9.31. The van der Waals surface area contributed by atoms with Crippen molar-refractivity contribution >= 4 is 22.4 Å². The van der Waals surface area contributed by atoms with Crippen LogP contribution in [0.1, 0.15) is 16.7 Å². The van der Waals surface area contributed by atoms with Crippen LogP contribution < -0.4 is 4.74 Å². The molecule has 0 N–H and O–H groups in total. The molecule has 0 atom stereocenters. The van der Waals surface area contributed by atoms with Crippen molar-refractivity contribution in [3.8, 4) is 11.8 Å². The maximum Gasteiger partial charge on any atom is 0.127 e. The molecule has 29 heavy (non-hydrogen) atoms. The molecule has 4 aromatic carbocycles. The third-order valence-electron chi connectivity index (χ3n) is 4.73. The molecule has 0 amide bonds. The molecular weight excluding hydrogens is 361 g/mol. The average molecular weight is 379 g/mol. The van der Waals surface area contributed by atoms with Crippen LogP contribution in [-0.4, -0.2) is 0 Å². The Bertz CT molecular complexity index is 1210. The minimum atomic E-state index is -0.272. The first-order valence-corrected chi connectivity index (χ1v) is 9.31. The summed E-state index contributed by atoms with van der Waals surface area (Å²) >= 11 is 0. The summed E-state index contributed by atoms with van der Waals surface area (Å²) < 4.78 is 19.0. The van der Waals surface area contributed by atoms with Crippen LogP contribution >= 0.6 is 0 Å². The lowest BCUT2D eigenvalue weighted by atomic mass is 9.97. The van der Waals surface area contributed by atoms with Gasteiger partial charge < -0.3 is 4.74 Å². The fourth-order valence-electron chi connectivity index (χ4n) is 3.26. The summed E-state index contributed by atoms with van der Waals surface area (Å²) in [4.78, 5) is 0. The molecule has 0 aliphatic heterocycles. The highest BCUT2D eigenvalue weighted by atomic mass is 19.1. The largest absolute Gasteiger partial charge is 0.488 e. The summed E-state index contributed by atoms with van der Waals surface area (Å²) in [6, 6.07) is 30.1. The zero-order valence-electron chi connectivity index (χ0n) is 15.7. The Balaban J connectivity index is 1.68. The molecule has 0 saturated heterocycles. The number of halogens is 1. The molecule has 0 aliphatic carbocycles.